The first-order valence-corrected chi connectivity index (χ1v) is 14.6. The first kappa shape index (κ1) is 24.7. The molecule has 1 aliphatic heterocycles. The third-order valence-electron chi connectivity index (χ3n) is 9.13. The summed E-state index contributed by atoms with van der Waals surface area (Å²) in [6.07, 6.45) is 13.6. The van der Waals surface area contributed by atoms with E-state index in [-0.39, 0.29) is 11.6 Å². The molecule has 1 saturated heterocycles. The zero-order chi connectivity index (χ0) is 25.2. The molecular weight excluding hydrogens is 462 g/mol. The quantitative estimate of drug-likeness (QED) is 0.528. The lowest BCUT2D eigenvalue weighted by Gasteiger charge is -2.43. The van der Waals surface area contributed by atoms with Crippen molar-refractivity contribution in [1.29, 1.82) is 0 Å². The van der Waals surface area contributed by atoms with Crippen molar-refractivity contribution in [2.24, 2.45) is 0 Å². The number of hydrogen-bond acceptors (Lipinski definition) is 6. The van der Waals surface area contributed by atoms with E-state index < -0.39 is 0 Å². The average molecular weight is 504 g/mol. The van der Waals surface area contributed by atoms with E-state index in [4.69, 9.17) is 0 Å². The summed E-state index contributed by atoms with van der Waals surface area (Å²) in [6.45, 7) is 6.09. The number of aromatic amines is 1. The van der Waals surface area contributed by atoms with E-state index >= 15 is 0 Å². The molecule has 0 spiro atoms. The van der Waals surface area contributed by atoms with Crippen molar-refractivity contribution in [2.45, 2.75) is 95.7 Å². The number of nitrogens with zero attached hydrogens (tertiary/aromatic N) is 6. The Bertz CT molecular complexity index is 1250. The fourth-order valence-corrected chi connectivity index (χ4v) is 6.97. The van der Waals surface area contributed by atoms with Gasteiger partial charge in [0, 0.05) is 43.3 Å². The number of nitrogens with one attached hydrogen (secondary N) is 1. The highest BCUT2D eigenvalue weighted by Gasteiger charge is 2.35. The van der Waals surface area contributed by atoms with Gasteiger partial charge in [-0.2, -0.15) is 0 Å². The van der Waals surface area contributed by atoms with Gasteiger partial charge < -0.3 is 4.98 Å². The summed E-state index contributed by atoms with van der Waals surface area (Å²) in [4.78, 5) is 21.9. The number of aryl methyl sites for hydroxylation is 1. The van der Waals surface area contributed by atoms with E-state index in [9.17, 15) is 4.79 Å². The van der Waals surface area contributed by atoms with Crippen LogP contribution in [0.2, 0.25) is 0 Å². The Morgan fingerprint density at radius 2 is 1.62 bits per heavy atom. The molecule has 1 aromatic carbocycles. The molecule has 6 rings (SSSR count). The second-order valence-corrected chi connectivity index (χ2v) is 11.4. The molecule has 1 N–H and O–H groups in total. The van der Waals surface area contributed by atoms with Crippen LogP contribution >= 0.6 is 0 Å². The molecule has 1 unspecified atom stereocenters. The lowest BCUT2D eigenvalue weighted by Crippen LogP contribution is -2.52. The molecule has 0 bridgehead atoms. The Labute approximate surface area is 219 Å². The van der Waals surface area contributed by atoms with Crippen LogP contribution in [-0.4, -0.2) is 67.2 Å². The van der Waals surface area contributed by atoms with Crippen molar-refractivity contribution in [3.8, 4) is 0 Å². The van der Waals surface area contributed by atoms with Gasteiger partial charge in [0.05, 0.1) is 6.04 Å². The number of rotatable bonds is 6. The minimum Gasteiger partial charge on any atom is -0.322 e. The van der Waals surface area contributed by atoms with Crippen LogP contribution in [0.3, 0.4) is 0 Å². The summed E-state index contributed by atoms with van der Waals surface area (Å²) >= 11 is 0. The molecule has 3 aliphatic rings. The zero-order valence-electron chi connectivity index (χ0n) is 22.2. The number of fused-ring (bicyclic) bond motifs is 1. The van der Waals surface area contributed by atoms with Crippen molar-refractivity contribution in [2.75, 3.05) is 26.2 Å². The van der Waals surface area contributed by atoms with E-state index in [1.165, 1.54) is 56.9 Å². The molecule has 8 heteroatoms. The Morgan fingerprint density at radius 3 is 2.32 bits per heavy atom. The predicted molar refractivity (Wildman–Crippen MR) is 146 cm³/mol. The SMILES string of the molecule is CCc1ccc2[nH]c(=O)c(C(c3nnnn3C3CCCCC3)N3CCN(C4CCCCC4)CC3)cc2c1. The minimum atomic E-state index is -0.246. The van der Waals surface area contributed by atoms with Crippen LogP contribution in [-0.2, 0) is 6.42 Å². The molecule has 2 aromatic heterocycles. The number of H-pyrrole nitrogens is 1. The molecule has 37 heavy (non-hydrogen) atoms. The summed E-state index contributed by atoms with van der Waals surface area (Å²) in [5.74, 6) is 0.828. The van der Waals surface area contributed by atoms with Crippen molar-refractivity contribution >= 4 is 10.9 Å². The highest BCUT2D eigenvalue weighted by atomic mass is 16.1. The number of hydrogen-bond donors (Lipinski definition) is 1. The van der Waals surface area contributed by atoms with Gasteiger partial charge in [-0.3, -0.25) is 14.6 Å². The van der Waals surface area contributed by atoms with Gasteiger partial charge in [-0.1, -0.05) is 51.5 Å². The van der Waals surface area contributed by atoms with Crippen LogP contribution in [0.5, 0.6) is 0 Å². The Hall–Kier alpha value is -2.58. The Morgan fingerprint density at radius 1 is 0.919 bits per heavy atom. The number of aromatic nitrogens is 5. The largest absolute Gasteiger partial charge is 0.322 e. The molecule has 3 aromatic rings. The molecule has 3 heterocycles. The summed E-state index contributed by atoms with van der Waals surface area (Å²) in [7, 11) is 0. The van der Waals surface area contributed by atoms with Crippen LogP contribution in [0, 0.1) is 0 Å². The first-order chi connectivity index (χ1) is 18.2. The second-order valence-electron chi connectivity index (χ2n) is 11.4. The molecule has 2 aliphatic carbocycles. The average Bonchev–Trinajstić information content (AvgIpc) is 3.44. The normalized spacial score (nSPS) is 22.0. The Balaban J connectivity index is 1.37. The van der Waals surface area contributed by atoms with Gasteiger partial charge in [0.15, 0.2) is 5.82 Å². The third-order valence-corrected chi connectivity index (χ3v) is 9.13. The van der Waals surface area contributed by atoms with Crippen molar-refractivity contribution in [1.82, 2.24) is 35.0 Å². The molecule has 2 saturated carbocycles. The fraction of sp³-hybridized carbons (Fsp3) is 0.655. The van der Waals surface area contributed by atoms with E-state index in [0.29, 0.717) is 6.04 Å². The van der Waals surface area contributed by atoms with Crippen molar-refractivity contribution in [3.63, 3.8) is 0 Å². The standard InChI is InChI=1S/C29H41N7O/c1-2-21-13-14-26-22(19-21)20-25(29(37)30-26)27(28-31-32-33-36(28)24-11-7-4-8-12-24)35-17-15-34(16-18-35)23-9-5-3-6-10-23/h13-14,19-20,23-24,27H,2-12,15-18H2,1H3,(H,30,37). The topological polar surface area (TPSA) is 82.9 Å². The van der Waals surface area contributed by atoms with Crippen LogP contribution in [0.25, 0.3) is 10.9 Å². The van der Waals surface area contributed by atoms with Gasteiger partial charge in [-0.05, 0) is 71.7 Å². The molecule has 198 valence electrons. The smallest absolute Gasteiger partial charge is 0.253 e. The summed E-state index contributed by atoms with van der Waals surface area (Å²) in [5.41, 5.74) is 2.89. The molecular formula is C29H41N7O. The number of benzene rings is 1. The number of pyridine rings is 1. The monoisotopic (exact) mass is 503 g/mol. The van der Waals surface area contributed by atoms with E-state index in [1.54, 1.807) is 0 Å². The highest BCUT2D eigenvalue weighted by Crippen LogP contribution is 2.34. The number of tetrazole rings is 1. The zero-order valence-corrected chi connectivity index (χ0v) is 22.2. The van der Waals surface area contributed by atoms with E-state index in [2.05, 4.69) is 60.1 Å². The lowest BCUT2D eigenvalue weighted by atomic mass is 9.93. The second kappa shape index (κ2) is 11.0. The van der Waals surface area contributed by atoms with Gasteiger partial charge in [0.2, 0.25) is 0 Å². The van der Waals surface area contributed by atoms with Gasteiger partial charge in [0.25, 0.3) is 5.56 Å². The third kappa shape index (κ3) is 5.10. The van der Waals surface area contributed by atoms with Crippen molar-refractivity contribution in [3.05, 3.63) is 51.6 Å². The maximum Gasteiger partial charge on any atom is 0.253 e. The number of piperazine rings is 1. The van der Waals surface area contributed by atoms with Gasteiger partial charge >= 0.3 is 0 Å². The van der Waals surface area contributed by atoms with E-state index in [0.717, 1.165) is 73.8 Å². The molecule has 3 fully saturated rings. The molecule has 8 nitrogen and oxygen atoms in total. The molecule has 1 atom stereocenters. The summed E-state index contributed by atoms with van der Waals surface area (Å²) in [6, 6.07) is 9.23. The van der Waals surface area contributed by atoms with Crippen molar-refractivity contribution < 1.29 is 0 Å². The first-order valence-electron chi connectivity index (χ1n) is 14.6. The minimum absolute atomic E-state index is 0.0327. The van der Waals surface area contributed by atoms with Gasteiger partial charge in [-0.25, -0.2) is 4.68 Å². The highest BCUT2D eigenvalue weighted by molar-refractivity contribution is 5.80. The molecule has 0 radical (unpaired) electrons. The van der Waals surface area contributed by atoms with Gasteiger partial charge in [0.1, 0.15) is 6.04 Å². The van der Waals surface area contributed by atoms with Crippen LogP contribution in [0.1, 0.15) is 100 Å². The predicted octanol–water partition coefficient (Wildman–Crippen LogP) is 4.62. The maximum absolute atomic E-state index is 13.6. The summed E-state index contributed by atoms with van der Waals surface area (Å²) in [5, 5.41) is 14.3. The fourth-order valence-electron chi connectivity index (χ4n) is 6.97. The van der Waals surface area contributed by atoms with Gasteiger partial charge in [-0.15, -0.1) is 5.10 Å². The Kier molecular flexibility index (Phi) is 7.38. The van der Waals surface area contributed by atoms with E-state index in [1.807, 2.05) is 6.07 Å². The van der Waals surface area contributed by atoms with Crippen LogP contribution < -0.4 is 5.56 Å². The molecule has 0 amide bonds. The maximum atomic E-state index is 13.6. The van der Waals surface area contributed by atoms with Crippen LogP contribution in [0.4, 0.5) is 0 Å². The van der Waals surface area contributed by atoms with Crippen LogP contribution in [0.15, 0.2) is 29.1 Å². The lowest BCUT2D eigenvalue weighted by molar-refractivity contribution is 0.0610. The summed E-state index contributed by atoms with van der Waals surface area (Å²) < 4.78 is 2.06.